The molecule has 0 spiro atoms. The molecule has 0 bridgehead atoms. The van der Waals surface area contributed by atoms with Gasteiger partial charge >= 0.3 is 5.97 Å². The van der Waals surface area contributed by atoms with E-state index >= 15 is 0 Å². The number of hydrogen-bond donors (Lipinski definition) is 1. The summed E-state index contributed by atoms with van der Waals surface area (Å²) in [5, 5.41) is 8.36. The number of sulfonamides is 1. The molecular formula is C7H15NO4S. The lowest BCUT2D eigenvalue weighted by molar-refractivity contribution is -0.134. The highest BCUT2D eigenvalue weighted by Gasteiger charge is 2.30. The second-order valence-corrected chi connectivity index (χ2v) is 5.79. The lowest BCUT2D eigenvalue weighted by Gasteiger charge is -2.30. The Labute approximate surface area is 78.4 Å². The standard InChI is InChI=1S/C7H15NO4S/c1-7(2,3)8(4)13(11,12)5-6(9)10/h5H2,1-4H3,(H,9,10). The lowest BCUT2D eigenvalue weighted by atomic mass is 10.1. The van der Waals surface area contributed by atoms with Crippen molar-refractivity contribution in [2.45, 2.75) is 26.3 Å². The van der Waals surface area contributed by atoms with Crippen LogP contribution in [-0.2, 0) is 14.8 Å². The molecule has 0 atom stereocenters. The van der Waals surface area contributed by atoms with Crippen LogP contribution in [0, 0.1) is 0 Å². The summed E-state index contributed by atoms with van der Waals surface area (Å²) in [6, 6.07) is 0. The number of nitrogens with zero attached hydrogens (tertiary/aromatic N) is 1. The van der Waals surface area contributed by atoms with Crippen molar-refractivity contribution in [2.75, 3.05) is 12.8 Å². The van der Waals surface area contributed by atoms with E-state index in [2.05, 4.69) is 0 Å². The van der Waals surface area contributed by atoms with Crippen LogP contribution in [-0.4, -0.2) is 42.1 Å². The largest absolute Gasteiger partial charge is 0.480 e. The maximum atomic E-state index is 11.3. The van der Waals surface area contributed by atoms with E-state index in [1.54, 1.807) is 20.8 Å². The summed E-state index contributed by atoms with van der Waals surface area (Å²) in [7, 11) is -2.31. The number of aliphatic carboxylic acids is 1. The molecule has 0 aliphatic rings. The smallest absolute Gasteiger partial charge is 0.320 e. The van der Waals surface area contributed by atoms with Crippen LogP contribution < -0.4 is 0 Å². The molecule has 0 radical (unpaired) electrons. The number of rotatable bonds is 3. The number of carboxylic acid groups (broad SMARTS) is 1. The van der Waals surface area contributed by atoms with E-state index in [4.69, 9.17) is 5.11 Å². The first-order valence-corrected chi connectivity index (χ1v) is 5.37. The predicted octanol–water partition coefficient (Wildman–Crippen LogP) is 0.131. The van der Waals surface area contributed by atoms with Gasteiger partial charge in [0, 0.05) is 12.6 Å². The minimum atomic E-state index is -3.68. The molecule has 0 saturated heterocycles. The van der Waals surface area contributed by atoms with Crippen LogP contribution in [0.5, 0.6) is 0 Å². The van der Waals surface area contributed by atoms with Gasteiger partial charge in [0.15, 0.2) is 5.75 Å². The zero-order valence-corrected chi connectivity index (χ0v) is 9.05. The highest BCUT2D eigenvalue weighted by atomic mass is 32.2. The van der Waals surface area contributed by atoms with Gasteiger partial charge < -0.3 is 5.11 Å². The minimum absolute atomic E-state index is 0.589. The van der Waals surface area contributed by atoms with Gasteiger partial charge in [-0.05, 0) is 20.8 Å². The lowest BCUT2D eigenvalue weighted by Crippen LogP contribution is -2.44. The second-order valence-electron chi connectivity index (χ2n) is 3.79. The van der Waals surface area contributed by atoms with Gasteiger partial charge in [-0.3, -0.25) is 4.79 Å². The number of hydrogen-bond acceptors (Lipinski definition) is 3. The van der Waals surface area contributed by atoms with E-state index in [0.29, 0.717) is 0 Å². The fourth-order valence-electron chi connectivity index (χ4n) is 0.670. The Morgan fingerprint density at radius 3 is 2.00 bits per heavy atom. The van der Waals surface area contributed by atoms with Gasteiger partial charge in [-0.1, -0.05) is 0 Å². The van der Waals surface area contributed by atoms with Gasteiger partial charge in [0.05, 0.1) is 0 Å². The molecule has 0 amide bonds. The quantitative estimate of drug-likeness (QED) is 0.717. The van der Waals surface area contributed by atoms with Gasteiger partial charge in [0.25, 0.3) is 0 Å². The molecule has 1 N–H and O–H groups in total. The van der Waals surface area contributed by atoms with Crippen LogP contribution in [0.25, 0.3) is 0 Å². The Morgan fingerprint density at radius 1 is 1.38 bits per heavy atom. The number of carboxylic acids is 1. The van der Waals surface area contributed by atoms with Crippen molar-refractivity contribution in [2.24, 2.45) is 0 Å². The third-order valence-corrected chi connectivity index (χ3v) is 3.66. The molecule has 0 aromatic carbocycles. The fraction of sp³-hybridized carbons (Fsp3) is 0.857. The normalized spacial score (nSPS) is 13.3. The van der Waals surface area contributed by atoms with Crippen LogP contribution in [0.3, 0.4) is 0 Å². The first-order valence-electron chi connectivity index (χ1n) is 3.76. The summed E-state index contributed by atoms with van der Waals surface area (Å²) < 4.78 is 23.7. The van der Waals surface area contributed by atoms with Gasteiger partial charge in [0.1, 0.15) is 0 Å². The van der Waals surface area contributed by atoms with Gasteiger partial charge in [0.2, 0.25) is 10.0 Å². The van der Waals surface area contributed by atoms with Crippen LogP contribution in [0.2, 0.25) is 0 Å². The molecule has 6 heteroatoms. The second kappa shape index (κ2) is 3.63. The maximum absolute atomic E-state index is 11.3. The third-order valence-electron chi connectivity index (χ3n) is 1.67. The molecule has 0 fully saturated rings. The molecule has 5 nitrogen and oxygen atoms in total. The van der Waals surface area contributed by atoms with E-state index in [-0.39, 0.29) is 0 Å². The first-order chi connectivity index (χ1) is 5.57. The van der Waals surface area contributed by atoms with Crippen molar-refractivity contribution in [3.63, 3.8) is 0 Å². The minimum Gasteiger partial charge on any atom is -0.480 e. The zero-order valence-electron chi connectivity index (χ0n) is 8.23. The molecule has 0 aliphatic carbocycles. The first kappa shape index (κ1) is 12.4. The summed E-state index contributed by atoms with van der Waals surface area (Å²) in [5.74, 6) is -2.20. The Bertz CT molecular complexity index is 288. The fourth-order valence-corrected chi connectivity index (χ4v) is 2.01. The molecule has 0 aliphatic heterocycles. The van der Waals surface area contributed by atoms with Crippen molar-refractivity contribution < 1.29 is 18.3 Å². The molecule has 13 heavy (non-hydrogen) atoms. The van der Waals surface area contributed by atoms with E-state index in [1.807, 2.05) is 0 Å². The Hall–Kier alpha value is -0.620. The van der Waals surface area contributed by atoms with E-state index in [9.17, 15) is 13.2 Å². The molecule has 0 rings (SSSR count). The molecule has 0 heterocycles. The average Bonchev–Trinajstić information content (AvgIpc) is 1.80. The Kier molecular flexibility index (Phi) is 3.46. The number of carbonyl (C=O) groups is 1. The van der Waals surface area contributed by atoms with Crippen LogP contribution in [0.15, 0.2) is 0 Å². The molecule has 0 unspecified atom stereocenters. The van der Waals surface area contributed by atoms with E-state index < -0.39 is 27.3 Å². The predicted molar refractivity (Wildman–Crippen MR) is 48.9 cm³/mol. The molecule has 0 saturated carbocycles. The summed E-state index contributed by atoms with van der Waals surface area (Å²) in [5.41, 5.74) is -0.589. The van der Waals surface area contributed by atoms with Gasteiger partial charge in [-0.25, -0.2) is 8.42 Å². The SMILES string of the molecule is CN(C(C)(C)C)S(=O)(=O)CC(=O)O. The maximum Gasteiger partial charge on any atom is 0.320 e. The molecular weight excluding hydrogens is 194 g/mol. The van der Waals surface area contributed by atoms with Crippen molar-refractivity contribution in [1.82, 2.24) is 4.31 Å². The molecule has 0 aromatic rings. The van der Waals surface area contributed by atoms with Gasteiger partial charge in [-0.2, -0.15) is 4.31 Å². The van der Waals surface area contributed by atoms with Crippen LogP contribution in [0.4, 0.5) is 0 Å². The highest BCUT2D eigenvalue weighted by molar-refractivity contribution is 7.89. The molecule has 78 valence electrons. The van der Waals surface area contributed by atoms with Crippen molar-refractivity contribution >= 4 is 16.0 Å². The van der Waals surface area contributed by atoms with Crippen LogP contribution in [0.1, 0.15) is 20.8 Å². The van der Waals surface area contributed by atoms with E-state index in [0.717, 1.165) is 4.31 Å². The highest BCUT2D eigenvalue weighted by Crippen LogP contribution is 2.15. The van der Waals surface area contributed by atoms with Crippen molar-refractivity contribution in [3.8, 4) is 0 Å². The Morgan fingerprint density at radius 2 is 1.77 bits per heavy atom. The summed E-state index contributed by atoms with van der Waals surface area (Å²) >= 11 is 0. The van der Waals surface area contributed by atoms with Crippen molar-refractivity contribution in [3.05, 3.63) is 0 Å². The van der Waals surface area contributed by atoms with Crippen molar-refractivity contribution in [1.29, 1.82) is 0 Å². The molecule has 0 aromatic heterocycles. The summed E-state index contributed by atoms with van der Waals surface area (Å²) in [4.78, 5) is 10.2. The zero-order chi connectivity index (χ0) is 10.9. The van der Waals surface area contributed by atoms with Gasteiger partial charge in [-0.15, -0.1) is 0 Å². The third kappa shape index (κ3) is 3.73. The summed E-state index contributed by atoms with van der Waals surface area (Å²) in [6.07, 6.45) is 0. The topological polar surface area (TPSA) is 74.7 Å². The monoisotopic (exact) mass is 209 g/mol. The Balaban J connectivity index is 4.77. The van der Waals surface area contributed by atoms with Crippen LogP contribution >= 0.6 is 0 Å². The average molecular weight is 209 g/mol. The van der Waals surface area contributed by atoms with E-state index in [1.165, 1.54) is 7.05 Å². The summed E-state index contributed by atoms with van der Waals surface area (Å²) in [6.45, 7) is 5.10.